The summed E-state index contributed by atoms with van der Waals surface area (Å²) in [6, 6.07) is 17.2. The topological polar surface area (TPSA) is 53.5 Å². The first-order chi connectivity index (χ1) is 13.5. The van der Waals surface area contributed by atoms with Gasteiger partial charge in [-0.25, -0.2) is 13.4 Å². The van der Waals surface area contributed by atoms with Gasteiger partial charge in [0.25, 0.3) is 0 Å². The zero-order chi connectivity index (χ0) is 19.6. The maximum Gasteiger partial charge on any atom is 0.243 e. The average molecular weight is 414 g/mol. The lowest BCUT2D eigenvalue weighted by Crippen LogP contribution is -2.48. The molecular formula is C21H23N3O2S2. The summed E-state index contributed by atoms with van der Waals surface area (Å²) in [5.41, 5.74) is 3.23. The minimum absolute atomic E-state index is 0.374. The van der Waals surface area contributed by atoms with Crippen molar-refractivity contribution in [3.63, 3.8) is 0 Å². The smallest absolute Gasteiger partial charge is 0.243 e. The van der Waals surface area contributed by atoms with Crippen LogP contribution in [-0.4, -0.2) is 48.8 Å². The van der Waals surface area contributed by atoms with Crippen molar-refractivity contribution < 1.29 is 8.42 Å². The molecule has 3 aromatic rings. The van der Waals surface area contributed by atoms with Crippen LogP contribution >= 0.6 is 11.3 Å². The predicted octanol–water partition coefficient (Wildman–Crippen LogP) is 3.63. The van der Waals surface area contributed by atoms with Crippen LogP contribution in [0.25, 0.3) is 10.6 Å². The highest BCUT2D eigenvalue weighted by molar-refractivity contribution is 7.89. The summed E-state index contributed by atoms with van der Waals surface area (Å²) in [5.74, 6) is 0. The molecule has 4 rings (SSSR count). The highest BCUT2D eigenvalue weighted by Gasteiger charge is 2.28. The van der Waals surface area contributed by atoms with E-state index in [1.165, 1.54) is 0 Å². The van der Waals surface area contributed by atoms with Crippen LogP contribution in [0.1, 0.15) is 11.3 Å². The molecule has 1 fully saturated rings. The minimum Gasteiger partial charge on any atom is -0.295 e. The number of sulfonamides is 1. The monoisotopic (exact) mass is 413 g/mol. The second-order valence-corrected chi connectivity index (χ2v) is 9.80. The highest BCUT2D eigenvalue weighted by atomic mass is 32.2. The molecule has 0 aliphatic carbocycles. The van der Waals surface area contributed by atoms with Crippen LogP contribution in [0, 0.1) is 6.92 Å². The third-order valence-electron chi connectivity index (χ3n) is 4.95. The molecule has 28 heavy (non-hydrogen) atoms. The molecule has 1 aliphatic heterocycles. The van der Waals surface area contributed by atoms with E-state index in [9.17, 15) is 8.42 Å². The molecule has 1 aliphatic rings. The van der Waals surface area contributed by atoms with E-state index < -0.39 is 10.0 Å². The lowest BCUT2D eigenvalue weighted by molar-refractivity contribution is 0.180. The fourth-order valence-electron chi connectivity index (χ4n) is 3.31. The lowest BCUT2D eigenvalue weighted by atomic mass is 10.2. The van der Waals surface area contributed by atoms with Gasteiger partial charge in [0.15, 0.2) is 0 Å². The average Bonchev–Trinajstić information content (AvgIpc) is 3.18. The zero-order valence-electron chi connectivity index (χ0n) is 15.8. The van der Waals surface area contributed by atoms with Gasteiger partial charge in [-0.05, 0) is 19.1 Å². The summed E-state index contributed by atoms with van der Waals surface area (Å²) in [6.07, 6.45) is 0. The molecule has 0 saturated carbocycles. The number of aromatic nitrogens is 1. The maximum atomic E-state index is 12.8. The Balaban J connectivity index is 1.37. The van der Waals surface area contributed by atoms with Crippen molar-refractivity contribution in [2.75, 3.05) is 26.2 Å². The van der Waals surface area contributed by atoms with E-state index in [-0.39, 0.29) is 0 Å². The Hall–Kier alpha value is -2.06. The minimum atomic E-state index is -3.41. The third-order valence-corrected chi connectivity index (χ3v) is 7.80. The van der Waals surface area contributed by atoms with Crippen LogP contribution in [0.3, 0.4) is 0 Å². The quantitative estimate of drug-likeness (QED) is 0.641. The van der Waals surface area contributed by atoms with Crippen molar-refractivity contribution >= 4 is 21.4 Å². The van der Waals surface area contributed by atoms with Gasteiger partial charge in [0.05, 0.1) is 10.6 Å². The molecule has 0 unspecified atom stereocenters. The van der Waals surface area contributed by atoms with E-state index in [0.29, 0.717) is 31.1 Å². The molecule has 0 atom stereocenters. The molecule has 5 nitrogen and oxygen atoms in total. The molecule has 2 aromatic carbocycles. The maximum absolute atomic E-state index is 12.8. The van der Waals surface area contributed by atoms with E-state index in [0.717, 1.165) is 28.4 Å². The largest absolute Gasteiger partial charge is 0.295 e. The van der Waals surface area contributed by atoms with Crippen molar-refractivity contribution in [3.05, 3.63) is 71.2 Å². The molecule has 0 spiro atoms. The predicted molar refractivity (Wildman–Crippen MR) is 113 cm³/mol. The Labute approximate surface area is 170 Å². The lowest BCUT2D eigenvalue weighted by Gasteiger charge is -2.33. The summed E-state index contributed by atoms with van der Waals surface area (Å²) >= 11 is 1.65. The normalized spacial score (nSPS) is 16.3. The summed E-state index contributed by atoms with van der Waals surface area (Å²) in [4.78, 5) is 7.39. The van der Waals surface area contributed by atoms with E-state index in [4.69, 9.17) is 4.98 Å². The van der Waals surface area contributed by atoms with Crippen molar-refractivity contribution in [2.24, 2.45) is 0 Å². The molecule has 146 valence electrons. The Morgan fingerprint density at radius 3 is 2.32 bits per heavy atom. The Bertz CT molecular complexity index is 1020. The van der Waals surface area contributed by atoms with Crippen LogP contribution in [-0.2, 0) is 16.6 Å². The molecule has 2 heterocycles. The standard InChI is InChI=1S/C21H23N3O2S2/c1-17-7-9-20(10-8-17)28(25,26)24-13-11-23(12-14-24)15-19-16-27-21(22-19)18-5-3-2-4-6-18/h2-10,16H,11-15H2,1H3. The van der Waals surface area contributed by atoms with Crippen LogP contribution < -0.4 is 0 Å². The van der Waals surface area contributed by atoms with Gasteiger partial charge in [0.2, 0.25) is 10.0 Å². The summed E-state index contributed by atoms with van der Waals surface area (Å²) in [5, 5.41) is 3.12. The van der Waals surface area contributed by atoms with E-state index in [2.05, 4.69) is 22.4 Å². The third kappa shape index (κ3) is 4.17. The van der Waals surface area contributed by atoms with Crippen molar-refractivity contribution in [1.29, 1.82) is 0 Å². The molecule has 0 amide bonds. The van der Waals surface area contributed by atoms with Gasteiger partial charge in [-0.2, -0.15) is 4.31 Å². The van der Waals surface area contributed by atoms with Crippen LogP contribution in [0.4, 0.5) is 0 Å². The number of hydrogen-bond acceptors (Lipinski definition) is 5. The van der Waals surface area contributed by atoms with E-state index >= 15 is 0 Å². The Morgan fingerprint density at radius 1 is 0.964 bits per heavy atom. The summed E-state index contributed by atoms with van der Waals surface area (Å²) in [7, 11) is -3.41. The molecule has 1 saturated heterocycles. The number of aryl methyl sites for hydroxylation is 1. The van der Waals surface area contributed by atoms with Crippen molar-refractivity contribution in [1.82, 2.24) is 14.2 Å². The van der Waals surface area contributed by atoms with Gasteiger partial charge >= 0.3 is 0 Å². The first-order valence-corrected chi connectivity index (χ1v) is 11.6. The van der Waals surface area contributed by atoms with E-state index in [1.54, 1.807) is 27.8 Å². The molecule has 0 radical (unpaired) electrons. The summed E-state index contributed by atoms with van der Waals surface area (Å²) in [6.45, 7) is 5.14. The Kier molecular flexibility index (Phi) is 5.59. The van der Waals surface area contributed by atoms with Crippen LogP contribution in [0.5, 0.6) is 0 Å². The van der Waals surface area contributed by atoms with Gasteiger partial charge in [0, 0.05) is 43.7 Å². The fraction of sp³-hybridized carbons (Fsp3) is 0.286. The van der Waals surface area contributed by atoms with Crippen LogP contribution in [0.2, 0.25) is 0 Å². The van der Waals surface area contributed by atoms with E-state index in [1.807, 2.05) is 37.3 Å². The van der Waals surface area contributed by atoms with Crippen molar-refractivity contribution in [3.8, 4) is 10.6 Å². The second-order valence-electron chi connectivity index (χ2n) is 7.00. The number of hydrogen-bond donors (Lipinski definition) is 0. The molecule has 1 aromatic heterocycles. The van der Waals surface area contributed by atoms with Gasteiger partial charge in [-0.3, -0.25) is 4.90 Å². The number of nitrogens with zero attached hydrogens (tertiary/aromatic N) is 3. The van der Waals surface area contributed by atoms with Crippen molar-refractivity contribution in [2.45, 2.75) is 18.4 Å². The number of thiazole rings is 1. The Morgan fingerprint density at radius 2 is 1.64 bits per heavy atom. The zero-order valence-corrected chi connectivity index (χ0v) is 17.4. The van der Waals surface area contributed by atoms with Gasteiger partial charge in [0.1, 0.15) is 5.01 Å². The molecule has 0 N–H and O–H groups in total. The summed E-state index contributed by atoms with van der Waals surface area (Å²) < 4.78 is 27.2. The number of rotatable bonds is 5. The molecular weight excluding hydrogens is 390 g/mol. The first kappa shape index (κ1) is 19.3. The fourth-order valence-corrected chi connectivity index (χ4v) is 5.55. The molecule has 7 heteroatoms. The second kappa shape index (κ2) is 8.13. The van der Waals surface area contributed by atoms with Gasteiger partial charge in [-0.1, -0.05) is 48.0 Å². The van der Waals surface area contributed by atoms with Crippen LogP contribution in [0.15, 0.2) is 64.9 Å². The van der Waals surface area contributed by atoms with Gasteiger partial charge in [-0.15, -0.1) is 11.3 Å². The highest BCUT2D eigenvalue weighted by Crippen LogP contribution is 2.24. The SMILES string of the molecule is Cc1ccc(S(=O)(=O)N2CCN(Cc3csc(-c4ccccc4)n3)CC2)cc1. The van der Waals surface area contributed by atoms with Gasteiger partial charge < -0.3 is 0 Å². The first-order valence-electron chi connectivity index (χ1n) is 9.31. The number of benzene rings is 2. The number of piperazine rings is 1. The molecule has 0 bridgehead atoms.